The van der Waals surface area contributed by atoms with Crippen LogP contribution in [0.4, 0.5) is 5.82 Å². The summed E-state index contributed by atoms with van der Waals surface area (Å²) in [5, 5.41) is 26.9. The molecule has 0 radical (unpaired) electrons. The molecule has 0 amide bonds. The molecule has 0 atom stereocenters. The molecule has 0 aliphatic rings. The van der Waals surface area contributed by atoms with Crippen LogP contribution in [0.3, 0.4) is 0 Å². The van der Waals surface area contributed by atoms with Crippen LogP contribution in [0.1, 0.15) is 32.0 Å². The first-order valence-corrected chi connectivity index (χ1v) is 6.50. The van der Waals surface area contributed by atoms with Crippen LogP contribution in [0.5, 0.6) is 0 Å². The van der Waals surface area contributed by atoms with Crippen LogP contribution < -0.4 is 5.32 Å². The van der Waals surface area contributed by atoms with Crippen molar-refractivity contribution in [2.45, 2.75) is 32.9 Å². The maximum atomic E-state index is 8.98. The van der Waals surface area contributed by atoms with Gasteiger partial charge in [-0.05, 0) is 36.7 Å². The zero-order valence-corrected chi connectivity index (χ0v) is 12.5. The highest BCUT2D eigenvalue weighted by Crippen LogP contribution is 2.20. The number of H-pyrrole nitrogens is 1. The topological polar surface area (TPSA) is 95.2 Å². The van der Waals surface area contributed by atoms with Crippen molar-refractivity contribution in [2.75, 3.05) is 5.32 Å². The first kappa shape index (κ1) is 13.5. The lowest BCUT2D eigenvalue weighted by Crippen LogP contribution is -2.22. The van der Waals surface area contributed by atoms with E-state index < -0.39 is 0 Å². The normalized spacial score (nSPS) is 11.3. The molecule has 7 nitrogen and oxygen atoms in total. The Morgan fingerprint density at radius 3 is 2.84 bits per heavy atom. The summed E-state index contributed by atoms with van der Waals surface area (Å²) in [6, 6.07) is 2.07. The third-order valence-corrected chi connectivity index (χ3v) is 3.07. The van der Waals surface area contributed by atoms with E-state index in [1.807, 2.05) is 6.20 Å². The molecular weight excluding hydrogens is 310 g/mol. The SMILES string of the molecule is CC(C)(C)n1cc(CNc2n[nH]c(Br)c2C#N)nn1. The fraction of sp³-hybridized carbons (Fsp3) is 0.455. The van der Waals surface area contributed by atoms with Gasteiger partial charge in [-0.25, -0.2) is 4.68 Å². The number of hydrogen-bond donors (Lipinski definition) is 2. The van der Waals surface area contributed by atoms with E-state index in [9.17, 15) is 0 Å². The van der Waals surface area contributed by atoms with E-state index in [-0.39, 0.29) is 5.54 Å². The highest BCUT2D eigenvalue weighted by molar-refractivity contribution is 9.10. The van der Waals surface area contributed by atoms with Crippen molar-refractivity contribution in [3.8, 4) is 6.07 Å². The van der Waals surface area contributed by atoms with Crippen LogP contribution in [0.2, 0.25) is 0 Å². The fourth-order valence-corrected chi connectivity index (χ4v) is 1.80. The van der Waals surface area contributed by atoms with Crippen molar-refractivity contribution in [3.63, 3.8) is 0 Å². The average Bonchev–Trinajstić information content (AvgIpc) is 2.92. The number of aromatic amines is 1. The highest BCUT2D eigenvalue weighted by Gasteiger charge is 2.15. The van der Waals surface area contributed by atoms with E-state index in [0.717, 1.165) is 5.69 Å². The van der Waals surface area contributed by atoms with Crippen molar-refractivity contribution in [3.05, 3.63) is 22.1 Å². The quantitative estimate of drug-likeness (QED) is 0.900. The number of anilines is 1. The van der Waals surface area contributed by atoms with E-state index in [1.165, 1.54) is 0 Å². The Hall–Kier alpha value is -1.88. The molecule has 8 heteroatoms. The summed E-state index contributed by atoms with van der Waals surface area (Å²) in [6.07, 6.45) is 1.88. The van der Waals surface area contributed by atoms with Crippen LogP contribution in [-0.2, 0) is 12.1 Å². The predicted molar refractivity (Wildman–Crippen MR) is 73.3 cm³/mol. The molecule has 2 aromatic rings. The average molecular weight is 324 g/mol. The highest BCUT2D eigenvalue weighted by atomic mass is 79.9. The lowest BCUT2D eigenvalue weighted by Gasteiger charge is -2.17. The number of nitriles is 1. The molecule has 0 fully saturated rings. The van der Waals surface area contributed by atoms with E-state index >= 15 is 0 Å². The van der Waals surface area contributed by atoms with E-state index in [4.69, 9.17) is 5.26 Å². The second-order valence-corrected chi connectivity index (χ2v) is 5.84. The summed E-state index contributed by atoms with van der Waals surface area (Å²) in [7, 11) is 0. The smallest absolute Gasteiger partial charge is 0.167 e. The Morgan fingerprint density at radius 2 is 2.26 bits per heavy atom. The van der Waals surface area contributed by atoms with E-state index in [2.05, 4.69) is 68.6 Å². The molecule has 2 rings (SSSR count). The lowest BCUT2D eigenvalue weighted by molar-refractivity contribution is 0.347. The Labute approximate surface area is 119 Å². The van der Waals surface area contributed by atoms with Gasteiger partial charge in [-0.3, -0.25) is 5.10 Å². The largest absolute Gasteiger partial charge is 0.362 e. The van der Waals surface area contributed by atoms with Gasteiger partial charge in [0.05, 0.1) is 18.3 Å². The molecule has 2 N–H and O–H groups in total. The van der Waals surface area contributed by atoms with Gasteiger partial charge in [0, 0.05) is 0 Å². The van der Waals surface area contributed by atoms with Crippen LogP contribution in [0, 0.1) is 11.3 Å². The fourth-order valence-electron chi connectivity index (χ4n) is 1.43. The van der Waals surface area contributed by atoms with E-state index in [0.29, 0.717) is 22.5 Å². The van der Waals surface area contributed by atoms with Crippen LogP contribution in [0.25, 0.3) is 0 Å². The monoisotopic (exact) mass is 323 g/mol. The van der Waals surface area contributed by atoms with E-state index in [1.54, 1.807) is 4.68 Å². The Kier molecular flexibility index (Phi) is 3.57. The van der Waals surface area contributed by atoms with Gasteiger partial charge in [0.1, 0.15) is 21.9 Å². The van der Waals surface area contributed by atoms with Gasteiger partial charge < -0.3 is 5.32 Å². The molecule has 0 aromatic carbocycles. The molecule has 0 aliphatic carbocycles. The van der Waals surface area contributed by atoms with Crippen LogP contribution >= 0.6 is 15.9 Å². The van der Waals surface area contributed by atoms with Gasteiger partial charge in [0.15, 0.2) is 5.82 Å². The summed E-state index contributed by atoms with van der Waals surface area (Å²) in [4.78, 5) is 0. The summed E-state index contributed by atoms with van der Waals surface area (Å²) in [5.41, 5.74) is 1.14. The summed E-state index contributed by atoms with van der Waals surface area (Å²) in [6.45, 7) is 6.62. The van der Waals surface area contributed by atoms with Crippen LogP contribution in [-0.4, -0.2) is 25.2 Å². The summed E-state index contributed by atoms with van der Waals surface area (Å²) in [5.74, 6) is 0.500. The van der Waals surface area contributed by atoms with Crippen molar-refractivity contribution in [2.24, 2.45) is 0 Å². The van der Waals surface area contributed by atoms with Gasteiger partial charge in [-0.15, -0.1) is 5.10 Å². The Bertz CT molecular complexity index is 614. The molecule has 0 unspecified atom stereocenters. The Balaban J connectivity index is 2.07. The molecule has 0 bridgehead atoms. The molecular formula is C11H14BrN7. The maximum absolute atomic E-state index is 8.98. The number of halogens is 1. The van der Waals surface area contributed by atoms with Gasteiger partial charge in [0.25, 0.3) is 0 Å². The van der Waals surface area contributed by atoms with Crippen LogP contribution in [0.15, 0.2) is 10.8 Å². The standard InChI is InChI=1S/C11H14BrN7/c1-11(2,3)19-6-7(15-18-19)5-14-10-8(4-13)9(12)16-17-10/h6H,5H2,1-3H3,(H2,14,16,17). The van der Waals surface area contributed by atoms with Crippen molar-refractivity contribution in [1.29, 1.82) is 5.26 Å². The number of nitrogens with zero attached hydrogens (tertiary/aromatic N) is 5. The molecule has 2 heterocycles. The van der Waals surface area contributed by atoms with Gasteiger partial charge in [-0.1, -0.05) is 5.21 Å². The minimum atomic E-state index is -0.0988. The molecule has 0 saturated carbocycles. The number of aromatic nitrogens is 5. The third-order valence-electron chi connectivity index (χ3n) is 2.50. The first-order chi connectivity index (χ1) is 8.91. The second-order valence-electron chi connectivity index (χ2n) is 5.05. The molecule has 0 saturated heterocycles. The Morgan fingerprint density at radius 1 is 1.53 bits per heavy atom. The number of hydrogen-bond acceptors (Lipinski definition) is 5. The summed E-state index contributed by atoms with van der Waals surface area (Å²) < 4.78 is 2.37. The third kappa shape index (κ3) is 2.93. The van der Waals surface area contributed by atoms with Gasteiger partial charge in [0.2, 0.25) is 0 Å². The molecule has 0 aliphatic heterocycles. The van der Waals surface area contributed by atoms with Crippen molar-refractivity contribution >= 4 is 21.7 Å². The lowest BCUT2D eigenvalue weighted by atomic mass is 10.1. The second kappa shape index (κ2) is 5.01. The first-order valence-electron chi connectivity index (χ1n) is 5.71. The molecule has 19 heavy (non-hydrogen) atoms. The molecule has 2 aromatic heterocycles. The zero-order valence-electron chi connectivity index (χ0n) is 10.9. The van der Waals surface area contributed by atoms with Crippen molar-refractivity contribution < 1.29 is 0 Å². The zero-order chi connectivity index (χ0) is 14.0. The minimum absolute atomic E-state index is 0.0988. The number of rotatable bonds is 3. The summed E-state index contributed by atoms with van der Waals surface area (Å²) >= 11 is 3.22. The predicted octanol–water partition coefficient (Wildman–Crippen LogP) is 2.00. The number of nitrogens with one attached hydrogen (secondary N) is 2. The van der Waals surface area contributed by atoms with Crippen molar-refractivity contribution in [1.82, 2.24) is 25.2 Å². The van der Waals surface area contributed by atoms with Gasteiger partial charge in [-0.2, -0.15) is 10.4 Å². The minimum Gasteiger partial charge on any atom is -0.362 e. The molecule has 0 spiro atoms. The maximum Gasteiger partial charge on any atom is 0.167 e. The molecule has 100 valence electrons. The van der Waals surface area contributed by atoms with Gasteiger partial charge >= 0.3 is 0 Å².